The Bertz CT molecular complexity index is 652. The van der Waals surface area contributed by atoms with E-state index in [1.54, 1.807) is 6.07 Å². The van der Waals surface area contributed by atoms with Gasteiger partial charge in [0.15, 0.2) is 0 Å². The first kappa shape index (κ1) is 21.6. The van der Waals surface area contributed by atoms with E-state index in [9.17, 15) is 14.0 Å². The molecule has 2 N–H and O–H groups in total. The minimum atomic E-state index is -0.294. The van der Waals surface area contributed by atoms with Gasteiger partial charge in [-0.25, -0.2) is 4.39 Å². The fourth-order valence-corrected chi connectivity index (χ4v) is 3.99. The minimum absolute atomic E-state index is 0. The Hall–Kier alpha value is -1.66. The molecule has 0 radical (unpaired) electrons. The predicted molar refractivity (Wildman–Crippen MR) is 105 cm³/mol. The topological polar surface area (TPSA) is 61.4 Å². The van der Waals surface area contributed by atoms with Crippen molar-refractivity contribution in [1.82, 2.24) is 15.5 Å². The van der Waals surface area contributed by atoms with Crippen LogP contribution in [-0.2, 0) is 9.59 Å². The van der Waals surface area contributed by atoms with Crippen LogP contribution in [0.25, 0.3) is 0 Å². The van der Waals surface area contributed by atoms with Gasteiger partial charge in [-0.2, -0.15) is 0 Å². The standard InChI is InChI=1S/C20H28FN3O2.ClH/c1-14(23-20(26)15-5-2-3-6-15)11-19(25)24-10-9-22-13-18(24)16-7-4-8-17(21)12-16;/h4,7-8,12,14-15,18,22H,2-3,5-6,9-11,13H2,1H3,(H,23,26);1H. The third-order valence-electron chi connectivity index (χ3n) is 5.39. The monoisotopic (exact) mass is 397 g/mol. The zero-order chi connectivity index (χ0) is 18.5. The number of piperazine rings is 1. The van der Waals surface area contributed by atoms with Gasteiger partial charge in [-0.3, -0.25) is 9.59 Å². The Morgan fingerprint density at radius 2 is 2.07 bits per heavy atom. The number of hydrogen-bond donors (Lipinski definition) is 2. The van der Waals surface area contributed by atoms with Gasteiger partial charge in [0, 0.05) is 38.0 Å². The molecule has 1 aromatic rings. The number of rotatable bonds is 5. The fourth-order valence-electron chi connectivity index (χ4n) is 3.99. The summed E-state index contributed by atoms with van der Waals surface area (Å²) in [5, 5.41) is 6.27. The zero-order valence-corrected chi connectivity index (χ0v) is 16.6. The van der Waals surface area contributed by atoms with Crippen LogP contribution in [0.3, 0.4) is 0 Å². The Morgan fingerprint density at radius 3 is 2.78 bits per heavy atom. The summed E-state index contributed by atoms with van der Waals surface area (Å²) >= 11 is 0. The average Bonchev–Trinajstić information content (AvgIpc) is 3.16. The Labute approximate surface area is 166 Å². The van der Waals surface area contributed by atoms with Gasteiger partial charge in [-0.1, -0.05) is 25.0 Å². The molecule has 2 fully saturated rings. The van der Waals surface area contributed by atoms with E-state index in [1.807, 2.05) is 17.9 Å². The molecule has 0 spiro atoms. The molecular formula is C20H29ClFN3O2. The van der Waals surface area contributed by atoms with Crippen LogP contribution in [0, 0.1) is 11.7 Å². The van der Waals surface area contributed by atoms with Crippen LogP contribution in [0.1, 0.15) is 50.6 Å². The fraction of sp³-hybridized carbons (Fsp3) is 0.600. The molecule has 1 aliphatic heterocycles. The van der Waals surface area contributed by atoms with Crippen molar-refractivity contribution in [2.24, 2.45) is 5.92 Å². The first-order chi connectivity index (χ1) is 12.5. The molecule has 2 aliphatic rings. The van der Waals surface area contributed by atoms with Crippen LogP contribution >= 0.6 is 12.4 Å². The van der Waals surface area contributed by atoms with Crippen molar-refractivity contribution in [3.63, 3.8) is 0 Å². The maximum atomic E-state index is 13.6. The van der Waals surface area contributed by atoms with Crippen LogP contribution in [0.5, 0.6) is 0 Å². The highest BCUT2D eigenvalue weighted by molar-refractivity contribution is 5.85. The summed E-state index contributed by atoms with van der Waals surface area (Å²) < 4.78 is 13.6. The zero-order valence-electron chi connectivity index (χ0n) is 15.7. The summed E-state index contributed by atoms with van der Waals surface area (Å²) in [6, 6.07) is 6.05. The van der Waals surface area contributed by atoms with E-state index in [0.29, 0.717) is 13.1 Å². The van der Waals surface area contributed by atoms with Crippen molar-refractivity contribution < 1.29 is 14.0 Å². The second kappa shape index (κ2) is 10.0. The van der Waals surface area contributed by atoms with Crippen molar-refractivity contribution in [1.29, 1.82) is 0 Å². The van der Waals surface area contributed by atoms with Gasteiger partial charge < -0.3 is 15.5 Å². The lowest BCUT2D eigenvalue weighted by atomic mass is 10.0. The maximum Gasteiger partial charge on any atom is 0.225 e. The molecule has 1 aliphatic carbocycles. The lowest BCUT2D eigenvalue weighted by Crippen LogP contribution is -2.50. The Morgan fingerprint density at radius 1 is 1.33 bits per heavy atom. The number of nitrogens with one attached hydrogen (secondary N) is 2. The molecular weight excluding hydrogens is 369 g/mol. The first-order valence-electron chi connectivity index (χ1n) is 9.60. The molecule has 2 amide bonds. The number of carbonyl (C=O) groups is 2. The molecule has 1 saturated heterocycles. The third-order valence-corrected chi connectivity index (χ3v) is 5.39. The van der Waals surface area contributed by atoms with Gasteiger partial charge in [0.05, 0.1) is 6.04 Å². The first-order valence-corrected chi connectivity index (χ1v) is 9.60. The number of halogens is 2. The van der Waals surface area contributed by atoms with Crippen LogP contribution in [-0.4, -0.2) is 42.4 Å². The number of benzene rings is 1. The van der Waals surface area contributed by atoms with Gasteiger partial charge >= 0.3 is 0 Å². The summed E-state index contributed by atoms with van der Waals surface area (Å²) in [4.78, 5) is 26.9. The molecule has 3 rings (SSSR count). The second-order valence-electron chi connectivity index (χ2n) is 7.46. The van der Waals surface area contributed by atoms with Crippen molar-refractivity contribution in [2.45, 2.75) is 51.1 Å². The van der Waals surface area contributed by atoms with E-state index in [0.717, 1.165) is 37.8 Å². The van der Waals surface area contributed by atoms with E-state index >= 15 is 0 Å². The highest BCUT2D eigenvalue weighted by Crippen LogP contribution is 2.26. The molecule has 1 aromatic carbocycles. The van der Waals surface area contributed by atoms with E-state index in [2.05, 4.69) is 10.6 Å². The van der Waals surface area contributed by atoms with E-state index < -0.39 is 0 Å². The number of nitrogens with zero attached hydrogens (tertiary/aromatic N) is 1. The quantitative estimate of drug-likeness (QED) is 0.803. The second-order valence-corrected chi connectivity index (χ2v) is 7.46. The lowest BCUT2D eigenvalue weighted by Gasteiger charge is -2.37. The number of amides is 2. The average molecular weight is 398 g/mol. The van der Waals surface area contributed by atoms with Crippen molar-refractivity contribution >= 4 is 24.2 Å². The van der Waals surface area contributed by atoms with Gasteiger partial charge in [0.2, 0.25) is 11.8 Å². The molecule has 1 heterocycles. The molecule has 1 saturated carbocycles. The van der Waals surface area contributed by atoms with E-state index in [1.165, 1.54) is 12.1 Å². The van der Waals surface area contributed by atoms with Crippen molar-refractivity contribution in [3.8, 4) is 0 Å². The molecule has 150 valence electrons. The minimum Gasteiger partial charge on any atom is -0.353 e. The molecule has 5 nitrogen and oxygen atoms in total. The molecule has 2 unspecified atom stereocenters. The smallest absolute Gasteiger partial charge is 0.225 e. The Kier molecular flexibility index (Phi) is 8.05. The van der Waals surface area contributed by atoms with Gasteiger partial charge in [0.25, 0.3) is 0 Å². The third kappa shape index (κ3) is 5.66. The van der Waals surface area contributed by atoms with Crippen LogP contribution in [0.4, 0.5) is 4.39 Å². The highest BCUT2D eigenvalue weighted by atomic mass is 35.5. The van der Waals surface area contributed by atoms with Crippen LogP contribution < -0.4 is 10.6 Å². The molecule has 0 aromatic heterocycles. The maximum absolute atomic E-state index is 13.6. The van der Waals surface area contributed by atoms with E-state index in [4.69, 9.17) is 0 Å². The van der Waals surface area contributed by atoms with Crippen molar-refractivity contribution in [3.05, 3.63) is 35.6 Å². The number of carbonyl (C=O) groups excluding carboxylic acids is 2. The van der Waals surface area contributed by atoms with E-state index in [-0.39, 0.29) is 54.5 Å². The summed E-state index contributed by atoms with van der Waals surface area (Å²) in [7, 11) is 0. The lowest BCUT2D eigenvalue weighted by molar-refractivity contribution is -0.135. The van der Waals surface area contributed by atoms with Crippen LogP contribution in [0.2, 0.25) is 0 Å². The number of hydrogen-bond acceptors (Lipinski definition) is 3. The molecule has 7 heteroatoms. The van der Waals surface area contributed by atoms with Gasteiger partial charge in [0.1, 0.15) is 5.82 Å². The van der Waals surface area contributed by atoms with Gasteiger partial charge in [-0.15, -0.1) is 12.4 Å². The molecule has 2 atom stereocenters. The molecule has 27 heavy (non-hydrogen) atoms. The normalized spacial score (nSPS) is 21.4. The summed E-state index contributed by atoms with van der Waals surface area (Å²) in [6.45, 7) is 3.80. The molecule has 0 bridgehead atoms. The summed E-state index contributed by atoms with van der Waals surface area (Å²) in [5.74, 6) is -0.116. The SMILES string of the molecule is CC(CC(=O)N1CCNCC1c1cccc(F)c1)NC(=O)C1CCCC1.Cl. The van der Waals surface area contributed by atoms with Crippen molar-refractivity contribution in [2.75, 3.05) is 19.6 Å². The largest absolute Gasteiger partial charge is 0.353 e. The predicted octanol–water partition coefficient (Wildman–Crippen LogP) is 2.81. The summed E-state index contributed by atoms with van der Waals surface area (Å²) in [6.07, 6.45) is 4.39. The van der Waals surface area contributed by atoms with Crippen LogP contribution in [0.15, 0.2) is 24.3 Å². The summed E-state index contributed by atoms with van der Waals surface area (Å²) in [5.41, 5.74) is 0.799. The van der Waals surface area contributed by atoms with Gasteiger partial charge in [-0.05, 0) is 37.5 Å². The highest BCUT2D eigenvalue weighted by Gasteiger charge is 2.30. The Balaban J connectivity index is 0.00000261.